The molecule has 0 radical (unpaired) electrons. The van der Waals surface area contributed by atoms with Gasteiger partial charge in [0, 0.05) is 0 Å². The van der Waals surface area contributed by atoms with E-state index in [2.05, 4.69) is 84.9 Å². The first-order valence-electron chi connectivity index (χ1n) is 6.14. The molecule has 0 spiro atoms. The monoisotopic (exact) mass is 282 g/mol. The van der Waals surface area contributed by atoms with E-state index < -0.39 is 0 Å². The standard InChI is InChI=1S/2C9H7.Cr/c2*1-2-5-9-7-3-6-8(9)4-1;/h2*1-7H;/q2*-1;+2. The average Bonchev–Trinajstić information content (AvgIpc) is 3.08. The Balaban J connectivity index is 0.000000133. The van der Waals surface area contributed by atoms with Crippen LogP contribution in [0.15, 0.2) is 84.9 Å². The van der Waals surface area contributed by atoms with Crippen LogP contribution in [-0.4, -0.2) is 0 Å². The molecule has 0 saturated heterocycles. The van der Waals surface area contributed by atoms with Crippen LogP contribution < -0.4 is 0 Å². The van der Waals surface area contributed by atoms with Crippen molar-refractivity contribution < 1.29 is 17.4 Å². The van der Waals surface area contributed by atoms with Crippen molar-refractivity contribution >= 4 is 21.5 Å². The molecule has 0 bridgehead atoms. The van der Waals surface area contributed by atoms with Crippen LogP contribution in [0.2, 0.25) is 0 Å². The number of hydrogen-bond acceptors (Lipinski definition) is 0. The quantitative estimate of drug-likeness (QED) is 0.393. The summed E-state index contributed by atoms with van der Waals surface area (Å²) >= 11 is 0. The molecule has 0 nitrogen and oxygen atoms in total. The summed E-state index contributed by atoms with van der Waals surface area (Å²) in [6, 6.07) is 29.3. The molecule has 4 aromatic rings. The minimum absolute atomic E-state index is 0. The molecule has 4 rings (SSSR count). The third-order valence-electron chi connectivity index (χ3n) is 3.10. The Kier molecular flexibility index (Phi) is 4.58. The molecule has 0 unspecified atom stereocenters. The number of fused-ring (bicyclic) bond motifs is 2. The van der Waals surface area contributed by atoms with E-state index in [1.807, 2.05) is 0 Å². The van der Waals surface area contributed by atoms with Crippen molar-refractivity contribution in [1.82, 2.24) is 0 Å². The van der Waals surface area contributed by atoms with Gasteiger partial charge in [-0.25, -0.2) is 0 Å². The van der Waals surface area contributed by atoms with Crippen LogP contribution in [0.25, 0.3) is 21.5 Å². The summed E-state index contributed by atoms with van der Waals surface area (Å²) in [5.41, 5.74) is 0. The van der Waals surface area contributed by atoms with Crippen LogP contribution in [0, 0.1) is 0 Å². The molecule has 0 aromatic heterocycles. The van der Waals surface area contributed by atoms with E-state index in [4.69, 9.17) is 0 Å². The van der Waals surface area contributed by atoms with Crippen LogP contribution in [-0.2, 0) is 17.4 Å². The van der Waals surface area contributed by atoms with Gasteiger partial charge in [-0.1, -0.05) is 12.1 Å². The van der Waals surface area contributed by atoms with E-state index in [0.717, 1.165) is 0 Å². The first-order chi connectivity index (χ1) is 8.93. The normalized spacial score (nSPS) is 9.68. The van der Waals surface area contributed by atoms with Gasteiger partial charge in [0.25, 0.3) is 0 Å². The second kappa shape index (κ2) is 6.39. The maximum absolute atomic E-state index is 2.12. The second-order valence-electron chi connectivity index (χ2n) is 4.31. The van der Waals surface area contributed by atoms with Gasteiger partial charge in [-0.2, -0.15) is 35.0 Å². The van der Waals surface area contributed by atoms with Gasteiger partial charge in [0.1, 0.15) is 0 Å². The van der Waals surface area contributed by atoms with Gasteiger partial charge in [-0.3, -0.25) is 0 Å². The summed E-state index contributed by atoms with van der Waals surface area (Å²) in [5, 5.41) is 5.32. The molecule has 1 heteroatoms. The van der Waals surface area contributed by atoms with Gasteiger partial charge in [0.15, 0.2) is 0 Å². The molecular weight excluding hydrogens is 268 g/mol. The van der Waals surface area contributed by atoms with Gasteiger partial charge < -0.3 is 0 Å². The van der Waals surface area contributed by atoms with E-state index in [1.54, 1.807) is 0 Å². The molecule has 0 aliphatic carbocycles. The summed E-state index contributed by atoms with van der Waals surface area (Å²) in [7, 11) is 0. The van der Waals surface area contributed by atoms with Crippen molar-refractivity contribution in [2.24, 2.45) is 0 Å². The number of hydrogen-bond donors (Lipinski definition) is 0. The van der Waals surface area contributed by atoms with Crippen LogP contribution in [0.3, 0.4) is 0 Å². The molecular formula is C18H14Cr. The molecule has 0 saturated carbocycles. The molecule has 0 aliphatic heterocycles. The molecule has 0 N–H and O–H groups in total. The van der Waals surface area contributed by atoms with E-state index in [-0.39, 0.29) is 17.4 Å². The zero-order valence-electron chi connectivity index (χ0n) is 10.5. The second-order valence-corrected chi connectivity index (χ2v) is 4.31. The fourth-order valence-electron chi connectivity index (χ4n) is 2.14. The zero-order chi connectivity index (χ0) is 12.2. The van der Waals surface area contributed by atoms with E-state index in [9.17, 15) is 0 Å². The van der Waals surface area contributed by atoms with Gasteiger partial charge in [0.2, 0.25) is 0 Å². The molecule has 19 heavy (non-hydrogen) atoms. The van der Waals surface area contributed by atoms with Crippen LogP contribution in [0.4, 0.5) is 0 Å². The van der Waals surface area contributed by atoms with Crippen molar-refractivity contribution in [3.8, 4) is 0 Å². The largest absolute Gasteiger partial charge is 2.00 e. The van der Waals surface area contributed by atoms with Crippen molar-refractivity contribution in [3.05, 3.63) is 84.9 Å². The average molecular weight is 282 g/mol. The van der Waals surface area contributed by atoms with Gasteiger partial charge in [-0.15, -0.1) is 59.3 Å². The summed E-state index contributed by atoms with van der Waals surface area (Å²) < 4.78 is 0. The maximum Gasteiger partial charge on any atom is 2.00 e. The summed E-state index contributed by atoms with van der Waals surface area (Å²) in [6.07, 6.45) is 0. The van der Waals surface area contributed by atoms with E-state index in [0.29, 0.717) is 0 Å². The molecule has 4 aromatic carbocycles. The first-order valence-corrected chi connectivity index (χ1v) is 6.14. The van der Waals surface area contributed by atoms with E-state index in [1.165, 1.54) is 21.5 Å². The fourth-order valence-corrected chi connectivity index (χ4v) is 2.14. The van der Waals surface area contributed by atoms with Gasteiger partial charge >= 0.3 is 17.4 Å². The summed E-state index contributed by atoms with van der Waals surface area (Å²) in [5.74, 6) is 0. The van der Waals surface area contributed by atoms with Gasteiger partial charge in [-0.05, 0) is 0 Å². The van der Waals surface area contributed by atoms with Crippen molar-refractivity contribution in [1.29, 1.82) is 0 Å². The predicted molar refractivity (Wildman–Crippen MR) is 79.1 cm³/mol. The smallest absolute Gasteiger partial charge is 0.168 e. The SMILES string of the molecule is [Cr+2].c1ccc2[cH-]ccc2c1.c1ccc2[cH-]ccc2c1. The maximum atomic E-state index is 2.12. The van der Waals surface area contributed by atoms with E-state index >= 15 is 0 Å². The number of benzene rings is 2. The Morgan fingerprint density at radius 1 is 0.526 bits per heavy atom. The van der Waals surface area contributed by atoms with Crippen molar-refractivity contribution in [2.75, 3.05) is 0 Å². The first kappa shape index (κ1) is 13.6. The van der Waals surface area contributed by atoms with Crippen molar-refractivity contribution in [3.63, 3.8) is 0 Å². The van der Waals surface area contributed by atoms with Crippen LogP contribution in [0.5, 0.6) is 0 Å². The fraction of sp³-hybridized carbons (Fsp3) is 0. The Labute approximate surface area is 124 Å². The van der Waals surface area contributed by atoms with Crippen LogP contribution >= 0.6 is 0 Å². The Bertz CT molecular complexity index is 620. The summed E-state index contributed by atoms with van der Waals surface area (Å²) in [4.78, 5) is 0. The Morgan fingerprint density at radius 2 is 0.947 bits per heavy atom. The Morgan fingerprint density at radius 3 is 1.37 bits per heavy atom. The molecule has 0 atom stereocenters. The third kappa shape index (κ3) is 3.15. The molecule has 92 valence electrons. The minimum Gasteiger partial charge on any atom is -0.168 e. The Hall–Kier alpha value is -1.81. The minimum atomic E-state index is 0. The van der Waals surface area contributed by atoms with Gasteiger partial charge in [0.05, 0.1) is 0 Å². The molecule has 0 fully saturated rings. The topological polar surface area (TPSA) is 0 Å². The van der Waals surface area contributed by atoms with Crippen molar-refractivity contribution in [2.45, 2.75) is 0 Å². The molecule has 0 amide bonds. The predicted octanol–water partition coefficient (Wildman–Crippen LogP) is 5.11. The summed E-state index contributed by atoms with van der Waals surface area (Å²) in [6.45, 7) is 0. The zero-order valence-corrected chi connectivity index (χ0v) is 11.8. The number of rotatable bonds is 0. The third-order valence-corrected chi connectivity index (χ3v) is 3.10. The van der Waals surface area contributed by atoms with Crippen LogP contribution in [0.1, 0.15) is 0 Å². The molecule has 0 aliphatic rings. The molecule has 0 heterocycles.